The zero-order chi connectivity index (χ0) is 24.1. The van der Waals surface area contributed by atoms with E-state index in [1.807, 2.05) is 42.2 Å². The molecule has 0 N–H and O–H groups in total. The Kier molecular flexibility index (Phi) is 7.25. The van der Waals surface area contributed by atoms with E-state index in [-0.39, 0.29) is 29.9 Å². The second kappa shape index (κ2) is 10.5. The van der Waals surface area contributed by atoms with Gasteiger partial charge in [-0.3, -0.25) is 9.59 Å². The van der Waals surface area contributed by atoms with Gasteiger partial charge in [-0.05, 0) is 31.0 Å². The maximum absolute atomic E-state index is 12.9. The number of benzene rings is 2. The summed E-state index contributed by atoms with van der Waals surface area (Å²) in [5, 5.41) is 4.14. The van der Waals surface area contributed by atoms with Crippen LogP contribution in [0.15, 0.2) is 53.1 Å². The molecule has 1 fully saturated rings. The van der Waals surface area contributed by atoms with E-state index in [0.29, 0.717) is 41.9 Å². The van der Waals surface area contributed by atoms with E-state index in [0.717, 1.165) is 18.4 Å². The third kappa shape index (κ3) is 5.11. The highest BCUT2D eigenvalue weighted by molar-refractivity contribution is 5.98. The molecule has 4 rings (SSSR count). The number of hydrogen-bond acceptors (Lipinski definition) is 7. The number of likely N-dealkylation sites (tertiary alicyclic amines) is 1. The molecule has 1 aliphatic heterocycles. The molecule has 0 spiro atoms. The topological polar surface area (TPSA) is 94.8 Å². The summed E-state index contributed by atoms with van der Waals surface area (Å²) in [7, 11) is 3.17. The summed E-state index contributed by atoms with van der Waals surface area (Å²) in [5.41, 5.74) is 1.42. The van der Waals surface area contributed by atoms with Crippen LogP contribution in [0.3, 0.4) is 0 Å². The highest BCUT2D eigenvalue weighted by Crippen LogP contribution is 2.33. The average molecular weight is 464 g/mol. The van der Waals surface area contributed by atoms with Crippen molar-refractivity contribution >= 4 is 11.7 Å². The quantitative estimate of drug-likeness (QED) is 0.458. The molecule has 1 aromatic heterocycles. The number of ketones is 1. The van der Waals surface area contributed by atoms with Gasteiger partial charge in [0.2, 0.25) is 17.6 Å². The monoisotopic (exact) mass is 463 g/mol. The fraction of sp³-hybridized carbons (Fsp3) is 0.385. The Balaban J connectivity index is 1.34. The number of carbonyl (C=O) groups is 2. The summed E-state index contributed by atoms with van der Waals surface area (Å²) >= 11 is 0. The second-order valence-electron chi connectivity index (χ2n) is 8.52. The van der Waals surface area contributed by atoms with E-state index in [1.165, 1.54) is 0 Å². The molecule has 1 amide bonds. The molecule has 0 aliphatic carbocycles. The molecule has 2 aromatic carbocycles. The molecule has 0 unspecified atom stereocenters. The lowest BCUT2D eigenvalue weighted by Crippen LogP contribution is -2.41. The molecule has 8 nitrogen and oxygen atoms in total. The van der Waals surface area contributed by atoms with Crippen molar-refractivity contribution in [3.8, 4) is 22.9 Å². The molecule has 0 saturated carbocycles. The lowest BCUT2D eigenvalue weighted by atomic mass is 9.94. The summed E-state index contributed by atoms with van der Waals surface area (Å²) in [6.45, 7) is 3.02. The minimum absolute atomic E-state index is 0.00936. The van der Waals surface area contributed by atoms with Gasteiger partial charge in [0.05, 0.1) is 14.2 Å². The first-order chi connectivity index (χ1) is 16.5. The maximum atomic E-state index is 12.9. The fourth-order valence-electron chi connectivity index (χ4n) is 4.26. The van der Waals surface area contributed by atoms with Gasteiger partial charge in [-0.1, -0.05) is 42.4 Å². The van der Waals surface area contributed by atoms with Gasteiger partial charge < -0.3 is 18.9 Å². The van der Waals surface area contributed by atoms with E-state index in [9.17, 15) is 9.59 Å². The van der Waals surface area contributed by atoms with Gasteiger partial charge in [0.1, 0.15) is 0 Å². The minimum Gasteiger partial charge on any atom is -0.493 e. The number of amides is 1. The zero-order valence-electron chi connectivity index (χ0n) is 19.7. The number of piperidine rings is 1. The standard InChI is InChI=1S/C26H29N3O5/c1-17(15-21(30)18-7-5-4-6-8-18)26(31)29-13-11-19(12-14-29)25-27-24(28-34-25)20-9-10-22(32-2)23(16-20)33-3/h4-10,16-17,19H,11-15H2,1-3H3/t17-/m0/s1. The Bertz CT molecular complexity index is 1140. The number of nitrogens with zero attached hydrogens (tertiary/aromatic N) is 3. The predicted octanol–water partition coefficient (Wildman–Crippen LogP) is 4.37. The minimum atomic E-state index is -0.357. The van der Waals surface area contributed by atoms with Crippen LogP contribution in [-0.4, -0.2) is 54.0 Å². The van der Waals surface area contributed by atoms with E-state index in [2.05, 4.69) is 10.1 Å². The molecular formula is C26H29N3O5. The number of rotatable bonds is 8. The summed E-state index contributed by atoms with van der Waals surface area (Å²) in [5.74, 6) is 2.02. The summed E-state index contributed by atoms with van der Waals surface area (Å²) in [4.78, 5) is 31.8. The van der Waals surface area contributed by atoms with Crippen LogP contribution in [0.1, 0.15) is 48.4 Å². The highest BCUT2D eigenvalue weighted by Gasteiger charge is 2.30. The Hall–Kier alpha value is -3.68. The number of Topliss-reactive ketones (excluding diaryl/α,β-unsaturated/α-hetero) is 1. The van der Waals surface area contributed by atoms with Crippen LogP contribution in [0.4, 0.5) is 0 Å². The van der Waals surface area contributed by atoms with Gasteiger partial charge in [-0.25, -0.2) is 0 Å². The van der Waals surface area contributed by atoms with E-state index < -0.39 is 0 Å². The summed E-state index contributed by atoms with van der Waals surface area (Å²) < 4.78 is 16.2. The normalized spacial score (nSPS) is 15.1. The molecule has 1 saturated heterocycles. The van der Waals surface area contributed by atoms with Crippen molar-refractivity contribution in [2.24, 2.45) is 5.92 Å². The molecular weight excluding hydrogens is 434 g/mol. The van der Waals surface area contributed by atoms with Crippen molar-refractivity contribution in [3.63, 3.8) is 0 Å². The molecule has 8 heteroatoms. The second-order valence-corrected chi connectivity index (χ2v) is 8.52. The van der Waals surface area contributed by atoms with Crippen molar-refractivity contribution in [3.05, 3.63) is 60.0 Å². The average Bonchev–Trinajstić information content (AvgIpc) is 3.38. The van der Waals surface area contributed by atoms with Crippen LogP contribution < -0.4 is 9.47 Å². The summed E-state index contributed by atoms with van der Waals surface area (Å²) in [6, 6.07) is 14.6. The first kappa shape index (κ1) is 23.5. The van der Waals surface area contributed by atoms with Crippen molar-refractivity contribution in [2.45, 2.75) is 32.1 Å². The molecule has 34 heavy (non-hydrogen) atoms. The fourth-order valence-corrected chi connectivity index (χ4v) is 4.26. The number of methoxy groups -OCH3 is 2. The van der Waals surface area contributed by atoms with Crippen LogP contribution in [0, 0.1) is 5.92 Å². The first-order valence-electron chi connectivity index (χ1n) is 11.4. The number of aromatic nitrogens is 2. The third-order valence-electron chi connectivity index (χ3n) is 6.25. The van der Waals surface area contributed by atoms with Crippen molar-refractivity contribution in [1.82, 2.24) is 15.0 Å². The van der Waals surface area contributed by atoms with E-state index in [4.69, 9.17) is 14.0 Å². The molecule has 0 radical (unpaired) electrons. The summed E-state index contributed by atoms with van der Waals surface area (Å²) in [6.07, 6.45) is 1.68. The molecule has 3 aromatic rings. The lowest BCUT2D eigenvalue weighted by molar-refractivity contribution is -0.136. The Morgan fingerprint density at radius 3 is 2.44 bits per heavy atom. The first-order valence-corrected chi connectivity index (χ1v) is 11.4. The number of hydrogen-bond donors (Lipinski definition) is 0. The van der Waals surface area contributed by atoms with Gasteiger partial charge in [-0.2, -0.15) is 4.98 Å². The lowest BCUT2D eigenvalue weighted by Gasteiger charge is -2.32. The van der Waals surface area contributed by atoms with Crippen molar-refractivity contribution in [2.75, 3.05) is 27.3 Å². The van der Waals surface area contributed by atoms with Crippen LogP contribution in [-0.2, 0) is 4.79 Å². The van der Waals surface area contributed by atoms with Crippen molar-refractivity contribution in [1.29, 1.82) is 0 Å². The van der Waals surface area contributed by atoms with E-state index in [1.54, 1.807) is 32.4 Å². The molecule has 1 atom stereocenters. The van der Waals surface area contributed by atoms with Crippen LogP contribution in [0.2, 0.25) is 0 Å². The van der Waals surface area contributed by atoms with Gasteiger partial charge in [0, 0.05) is 42.5 Å². The largest absolute Gasteiger partial charge is 0.493 e. The van der Waals surface area contributed by atoms with Gasteiger partial charge in [-0.15, -0.1) is 0 Å². The van der Waals surface area contributed by atoms with Crippen LogP contribution >= 0.6 is 0 Å². The van der Waals surface area contributed by atoms with Gasteiger partial charge in [0.15, 0.2) is 17.3 Å². The molecule has 1 aliphatic rings. The zero-order valence-corrected chi connectivity index (χ0v) is 19.7. The molecule has 0 bridgehead atoms. The Morgan fingerprint density at radius 1 is 1.06 bits per heavy atom. The molecule has 2 heterocycles. The third-order valence-corrected chi connectivity index (χ3v) is 6.25. The SMILES string of the molecule is COc1ccc(-c2noc(C3CCN(C(=O)[C@@H](C)CC(=O)c4ccccc4)CC3)n2)cc1OC. The van der Waals surface area contributed by atoms with Crippen LogP contribution in [0.25, 0.3) is 11.4 Å². The van der Waals surface area contributed by atoms with Crippen LogP contribution in [0.5, 0.6) is 11.5 Å². The predicted molar refractivity (Wildman–Crippen MR) is 126 cm³/mol. The van der Waals surface area contributed by atoms with E-state index >= 15 is 0 Å². The molecule has 178 valence electrons. The smallest absolute Gasteiger partial charge is 0.230 e. The highest BCUT2D eigenvalue weighted by atomic mass is 16.5. The van der Waals surface area contributed by atoms with Gasteiger partial charge in [0.25, 0.3) is 0 Å². The Morgan fingerprint density at radius 2 is 1.76 bits per heavy atom. The van der Waals surface area contributed by atoms with Crippen molar-refractivity contribution < 1.29 is 23.6 Å². The maximum Gasteiger partial charge on any atom is 0.230 e. The number of ether oxygens (including phenoxy) is 2. The Labute approximate surface area is 198 Å². The number of carbonyl (C=O) groups excluding carboxylic acids is 2. The van der Waals surface area contributed by atoms with Gasteiger partial charge >= 0.3 is 0 Å².